The predicted octanol–water partition coefficient (Wildman–Crippen LogP) is 7.80. The van der Waals surface area contributed by atoms with Crippen molar-refractivity contribution in [3.63, 3.8) is 0 Å². The normalized spacial score (nSPS) is 51.5. The summed E-state index contributed by atoms with van der Waals surface area (Å²) in [5, 5.41) is 10.1. The van der Waals surface area contributed by atoms with Gasteiger partial charge in [0, 0.05) is 12.3 Å². The Balaban J connectivity index is 1.53. The molecule has 9 atom stereocenters. The fourth-order valence-electron chi connectivity index (χ4n) is 10.9. The monoisotopic (exact) mass is 498 g/mol. The summed E-state index contributed by atoms with van der Waals surface area (Å²) in [5.74, 6) is 0.760. The van der Waals surface area contributed by atoms with Crippen molar-refractivity contribution in [2.75, 3.05) is 0 Å². The van der Waals surface area contributed by atoms with Gasteiger partial charge >= 0.3 is 11.9 Å². The quantitative estimate of drug-likeness (QED) is 0.311. The third-order valence-corrected chi connectivity index (χ3v) is 13.6. The van der Waals surface area contributed by atoms with Crippen LogP contribution in [0, 0.1) is 50.2 Å². The molecule has 0 amide bonds. The highest BCUT2D eigenvalue weighted by Gasteiger charge is 2.68. The van der Waals surface area contributed by atoms with E-state index < -0.39 is 11.4 Å². The summed E-state index contributed by atoms with van der Waals surface area (Å²) in [6, 6.07) is 0. The summed E-state index contributed by atoms with van der Waals surface area (Å²) in [5.41, 5.74) is 1.77. The number of hydrogen-bond donors (Lipinski definition) is 1. The van der Waals surface area contributed by atoms with Gasteiger partial charge in [-0.1, -0.05) is 53.2 Å². The van der Waals surface area contributed by atoms with Crippen molar-refractivity contribution in [1.82, 2.24) is 0 Å². The average Bonchev–Trinajstić information content (AvgIpc) is 2.77. The largest absolute Gasteiger partial charge is 0.481 e. The van der Waals surface area contributed by atoms with E-state index in [0.717, 1.165) is 38.5 Å². The van der Waals surface area contributed by atoms with Crippen LogP contribution < -0.4 is 0 Å². The van der Waals surface area contributed by atoms with Gasteiger partial charge < -0.3 is 9.84 Å². The van der Waals surface area contributed by atoms with Gasteiger partial charge in [0.25, 0.3) is 0 Å². The summed E-state index contributed by atoms with van der Waals surface area (Å²) in [7, 11) is 0. The number of ether oxygens (including phenoxy) is 1. The molecule has 4 nitrogen and oxygen atoms in total. The number of fused-ring (bicyclic) bond motifs is 7. The molecule has 5 aliphatic rings. The molecule has 4 saturated carbocycles. The number of carbonyl (C=O) groups is 2. The van der Waals surface area contributed by atoms with Crippen LogP contribution in [0.2, 0.25) is 0 Å². The zero-order chi connectivity index (χ0) is 26.5. The van der Waals surface area contributed by atoms with Gasteiger partial charge in [0.15, 0.2) is 0 Å². The second kappa shape index (κ2) is 7.85. The van der Waals surface area contributed by atoms with E-state index in [4.69, 9.17) is 4.74 Å². The highest BCUT2D eigenvalue weighted by Crippen LogP contribution is 2.75. The van der Waals surface area contributed by atoms with E-state index in [9.17, 15) is 14.7 Å². The van der Waals surface area contributed by atoms with Crippen LogP contribution in [-0.4, -0.2) is 23.1 Å². The molecule has 0 heterocycles. The Labute approximate surface area is 219 Å². The van der Waals surface area contributed by atoms with Crippen LogP contribution in [0.5, 0.6) is 0 Å². The van der Waals surface area contributed by atoms with Gasteiger partial charge in [-0.05, 0) is 111 Å². The fourth-order valence-corrected chi connectivity index (χ4v) is 10.9. The predicted molar refractivity (Wildman–Crippen MR) is 142 cm³/mol. The molecule has 202 valence electrons. The molecule has 0 radical (unpaired) electrons. The molecule has 4 heteroatoms. The van der Waals surface area contributed by atoms with Crippen LogP contribution in [0.4, 0.5) is 0 Å². The molecule has 0 aromatic rings. The maximum absolute atomic E-state index is 12.3. The van der Waals surface area contributed by atoms with Crippen LogP contribution in [0.25, 0.3) is 0 Å². The topological polar surface area (TPSA) is 63.6 Å². The lowest BCUT2D eigenvalue weighted by atomic mass is 9.33. The Morgan fingerprint density at radius 2 is 1.56 bits per heavy atom. The lowest BCUT2D eigenvalue weighted by Gasteiger charge is -2.71. The van der Waals surface area contributed by atoms with Crippen molar-refractivity contribution in [2.45, 2.75) is 126 Å². The van der Waals surface area contributed by atoms with Crippen molar-refractivity contribution in [3.05, 3.63) is 11.6 Å². The first-order valence-corrected chi connectivity index (χ1v) is 14.6. The molecule has 0 saturated heterocycles. The Hall–Kier alpha value is -1.32. The van der Waals surface area contributed by atoms with Gasteiger partial charge in [0.1, 0.15) is 6.10 Å². The summed E-state index contributed by atoms with van der Waals surface area (Å²) < 4.78 is 5.88. The molecule has 5 rings (SSSR count). The van der Waals surface area contributed by atoms with Gasteiger partial charge in [-0.25, -0.2) is 0 Å². The van der Waals surface area contributed by atoms with Crippen LogP contribution >= 0.6 is 0 Å². The van der Waals surface area contributed by atoms with Gasteiger partial charge in [-0.3, -0.25) is 9.59 Å². The van der Waals surface area contributed by atoms with E-state index in [1.165, 1.54) is 25.7 Å². The van der Waals surface area contributed by atoms with Crippen molar-refractivity contribution < 1.29 is 19.4 Å². The molecule has 4 fully saturated rings. The molecular weight excluding hydrogens is 448 g/mol. The Morgan fingerprint density at radius 3 is 2.19 bits per heavy atom. The number of hydrogen-bond acceptors (Lipinski definition) is 3. The van der Waals surface area contributed by atoms with Crippen LogP contribution in [0.1, 0.15) is 120 Å². The second-order valence-corrected chi connectivity index (χ2v) is 15.5. The maximum Gasteiger partial charge on any atom is 0.309 e. The summed E-state index contributed by atoms with van der Waals surface area (Å²) >= 11 is 0. The first-order valence-electron chi connectivity index (χ1n) is 14.6. The Kier molecular flexibility index (Phi) is 5.74. The van der Waals surface area contributed by atoms with Crippen molar-refractivity contribution >= 4 is 11.9 Å². The minimum atomic E-state index is -0.614. The molecule has 0 aliphatic heterocycles. The number of allylic oxidation sites excluding steroid dienone is 2. The first kappa shape index (κ1) is 26.3. The lowest BCUT2D eigenvalue weighted by molar-refractivity contribution is -0.212. The molecule has 5 aliphatic carbocycles. The van der Waals surface area contributed by atoms with E-state index in [0.29, 0.717) is 17.8 Å². The van der Waals surface area contributed by atoms with Crippen molar-refractivity contribution in [3.8, 4) is 0 Å². The lowest BCUT2D eigenvalue weighted by Crippen LogP contribution is -2.64. The van der Waals surface area contributed by atoms with E-state index in [-0.39, 0.29) is 39.1 Å². The molecular formula is C32H50O4. The minimum Gasteiger partial charge on any atom is -0.481 e. The maximum atomic E-state index is 12.3. The number of carboxylic acids is 1. The zero-order valence-electron chi connectivity index (χ0n) is 24.1. The number of carboxylic acid groups (broad SMARTS) is 1. The minimum absolute atomic E-state index is 0.00837. The number of carbonyl (C=O) groups excluding carboxylic acids is 1. The van der Waals surface area contributed by atoms with Crippen LogP contribution in [-0.2, 0) is 14.3 Å². The molecule has 1 N–H and O–H groups in total. The first-order chi connectivity index (χ1) is 16.5. The molecule has 0 aromatic heterocycles. The van der Waals surface area contributed by atoms with E-state index in [2.05, 4.69) is 47.6 Å². The van der Waals surface area contributed by atoms with Crippen molar-refractivity contribution in [1.29, 1.82) is 0 Å². The second-order valence-electron chi connectivity index (χ2n) is 15.5. The van der Waals surface area contributed by atoms with E-state index in [1.54, 1.807) is 12.5 Å². The SMILES string of the molecule is CC(=O)O[C@H]1CC[C@@]2(C)C(CC[C@]3(C)[C@@H]2CC=C2[C@@H]4C[C@@](C)(C(=O)O)CC[C@]4(C)CC[C@]23C)C1(C)C. The summed E-state index contributed by atoms with van der Waals surface area (Å²) in [4.78, 5) is 24.2. The standard InChI is InChI=1S/C32H50O4/c1-20(33)36-25-12-13-30(6)23(27(25,2)3)11-14-32(8)24(30)10-9-21-22-19-29(5,26(34)35)16-15-28(22,4)17-18-31(21,32)7/h9,22-25H,10-19H2,1-8H3,(H,34,35)/t22-,23?,24+,25-,28+,29-,30-,31+,32+/m0/s1. The molecule has 0 spiro atoms. The Morgan fingerprint density at radius 1 is 0.889 bits per heavy atom. The third kappa shape index (κ3) is 3.30. The Bertz CT molecular complexity index is 996. The molecule has 0 bridgehead atoms. The fraction of sp³-hybridized carbons (Fsp3) is 0.875. The van der Waals surface area contributed by atoms with Crippen LogP contribution in [0.15, 0.2) is 11.6 Å². The molecule has 0 aromatic carbocycles. The van der Waals surface area contributed by atoms with E-state index in [1.807, 2.05) is 6.92 Å². The molecule has 36 heavy (non-hydrogen) atoms. The van der Waals surface area contributed by atoms with Gasteiger partial charge in [-0.2, -0.15) is 0 Å². The third-order valence-electron chi connectivity index (χ3n) is 13.6. The summed E-state index contributed by atoms with van der Waals surface area (Å²) in [6.45, 7) is 18.4. The highest BCUT2D eigenvalue weighted by molar-refractivity contribution is 5.74. The van der Waals surface area contributed by atoms with Gasteiger partial charge in [0.05, 0.1) is 5.41 Å². The zero-order valence-corrected chi connectivity index (χ0v) is 24.1. The number of rotatable bonds is 2. The van der Waals surface area contributed by atoms with Gasteiger partial charge in [-0.15, -0.1) is 0 Å². The smallest absolute Gasteiger partial charge is 0.309 e. The average molecular weight is 499 g/mol. The van der Waals surface area contributed by atoms with Crippen LogP contribution in [0.3, 0.4) is 0 Å². The number of esters is 1. The van der Waals surface area contributed by atoms with E-state index >= 15 is 0 Å². The van der Waals surface area contributed by atoms with Gasteiger partial charge in [0.2, 0.25) is 0 Å². The molecule has 1 unspecified atom stereocenters. The van der Waals surface area contributed by atoms with Crippen molar-refractivity contribution in [2.24, 2.45) is 50.2 Å². The summed E-state index contributed by atoms with van der Waals surface area (Å²) in [6.07, 6.45) is 13.3. The number of aliphatic carboxylic acids is 1. The highest BCUT2D eigenvalue weighted by atomic mass is 16.5.